The normalized spacial score (nSPS) is 19.6. The van der Waals surface area contributed by atoms with E-state index in [4.69, 9.17) is 0 Å². The number of aliphatic hydroxyl groups is 1. The number of alkyl halides is 2. The molecule has 2 heterocycles. The Bertz CT molecular complexity index is 1000. The van der Waals surface area contributed by atoms with Gasteiger partial charge in [-0.05, 0) is 29.9 Å². The summed E-state index contributed by atoms with van der Waals surface area (Å²) in [6.45, 7) is 2.74. The van der Waals surface area contributed by atoms with Gasteiger partial charge in [0.25, 0.3) is 11.8 Å². The highest BCUT2D eigenvalue weighted by molar-refractivity contribution is 7.09. The van der Waals surface area contributed by atoms with Gasteiger partial charge < -0.3 is 20.6 Å². The molecule has 3 rings (SSSR count). The van der Waals surface area contributed by atoms with Crippen molar-refractivity contribution in [3.8, 4) is 0 Å². The number of nitrogens with zero attached hydrogens (tertiary/aromatic N) is 1. The molecule has 1 aliphatic rings. The number of amides is 3. The summed E-state index contributed by atoms with van der Waals surface area (Å²) >= 11 is 1.41. The molecule has 4 unspecified atom stereocenters. The number of hydrogen-bond donors (Lipinski definition) is 3. The van der Waals surface area contributed by atoms with Crippen LogP contribution in [0.3, 0.4) is 0 Å². The van der Waals surface area contributed by atoms with E-state index in [0.717, 1.165) is 15.3 Å². The first-order chi connectivity index (χ1) is 16.6. The van der Waals surface area contributed by atoms with Crippen LogP contribution in [-0.2, 0) is 27.3 Å². The fraction of sp³-hybridized carbons (Fsp3) is 0.480. The van der Waals surface area contributed by atoms with Crippen LogP contribution in [0.2, 0.25) is 0 Å². The van der Waals surface area contributed by atoms with Crippen molar-refractivity contribution in [1.29, 1.82) is 0 Å². The zero-order valence-corrected chi connectivity index (χ0v) is 20.6. The second-order valence-electron chi connectivity index (χ2n) is 8.90. The third kappa shape index (κ3) is 7.08. The van der Waals surface area contributed by atoms with Gasteiger partial charge in [-0.2, -0.15) is 0 Å². The van der Waals surface area contributed by atoms with Gasteiger partial charge in [0.1, 0.15) is 6.04 Å². The zero-order valence-electron chi connectivity index (χ0n) is 19.7. The summed E-state index contributed by atoms with van der Waals surface area (Å²) < 4.78 is 28.7. The maximum absolute atomic E-state index is 14.3. The van der Waals surface area contributed by atoms with E-state index in [-0.39, 0.29) is 24.8 Å². The van der Waals surface area contributed by atoms with E-state index in [0.29, 0.717) is 6.42 Å². The number of aliphatic hydroxyl groups excluding tert-OH is 1. The molecule has 0 bridgehead atoms. The maximum Gasteiger partial charge on any atom is 0.267 e. The minimum absolute atomic E-state index is 0.120. The smallest absolute Gasteiger partial charge is 0.267 e. The van der Waals surface area contributed by atoms with Crippen LogP contribution in [0.25, 0.3) is 0 Å². The Morgan fingerprint density at radius 3 is 2.54 bits per heavy atom. The first-order valence-electron chi connectivity index (χ1n) is 11.6. The highest BCUT2D eigenvalue weighted by atomic mass is 32.1. The highest BCUT2D eigenvalue weighted by Crippen LogP contribution is 2.33. The van der Waals surface area contributed by atoms with Gasteiger partial charge in [0.2, 0.25) is 11.8 Å². The molecule has 1 aromatic heterocycles. The summed E-state index contributed by atoms with van der Waals surface area (Å²) in [6, 6.07) is 10.1. The van der Waals surface area contributed by atoms with Crippen molar-refractivity contribution in [2.75, 3.05) is 6.54 Å². The summed E-state index contributed by atoms with van der Waals surface area (Å²) in [5.41, 5.74) is 0.755. The molecule has 1 aliphatic heterocycles. The van der Waals surface area contributed by atoms with Crippen LogP contribution in [0, 0.1) is 5.92 Å². The minimum Gasteiger partial charge on any atom is -0.381 e. The number of carbonyl (C=O) groups excluding carboxylic acids is 3. The lowest BCUT2D eigenvalue weighted by Crippen LogP contribution is -2.56. The van der Waals surface area contributed by atoms with Crippen molar-refractivity contribution in [3.63, 3.8) is 0 Å². The zero-order chi connectivity index (χ0) is 25.6. The van der Waals surface area contributed by atoms with Gasteiger partial charge in [-0.1, -0.05) is 50.2 Å². The molecule has 0 saturated carbocycles. The lowest BCUT2D eigenvalue weighted by atomic mass is 9.98. The average Bonchev–Trinajstić information content (AvgIpc) is 3.48. The van der Waals surface area contributed by atoms with E-state index in [9.17, 15) is 28.3 Å². The van der Waals surface area contributed by atoms with E-state index in [1.807, 2.05) is 24.4 Å². The van der Waals surface area contributed by atoms with Gasteiger partial charge in [0.05, 0.1) is 19.1 Å². The fourth-order valence-electron chi connectivity index (χ4n) is 3.95. The average molecular weight is 508 g/mol. The van der Waals surface area contributed by atoms with E-state index in [1.165, 1.54) is 11.3 Å². The Kier molecular flexibility index (Phi) is 8.96. The number of nitrogens with one attached hydrogen (secondary N) is 2. The van der Waals surface area contributed by atoms with Crippen molar-refractivity contribution >= 4 is 29.1 Å². The second kappa shape index (κ2) is 11.7. The van der Waals surface area contributed by atoms with Gasteiger partial charge in [0, 0.05) is 17.2 Å². The Hall–Kier alpha value is -2.85. The van der Waals surface area contributed by atoms with Crippen molar-refractivity contribution in [1.82, 2.24) is 15.5 Å². The molecule has 3 N–H and O–H groups in total. The summed E-state index contributed by atoms with van der Waals surface area (Å²) in [6.07, 6.45) is -1.96. The molecule has 35 heavy (non-hydrogen) atoms. The van der Waals surface area contributed by atoms with Crippen LogP contribution in [0.15, 0.2) is 47.8 Å². The predicted molar refractivity (Wildman–Crippen MR) is 129 cm³/mol. The topological polar surface area (TPSA) is 98.7 Å². The van der Waals surface area contributed by atoms with E-state index >= 15 is 0 Å². The molecule has 0 radical (unpaired) electrons. The Morgan fingerprint density at radius 2 is 1.91 bits per heavy atom. The largest absolute Gasteiger partial charge is 0.381 e. The van der Waals surface area contributed by atoms with E-state index in [2.05, 4.69) is 10.6 Å². The summed E-state index contributed by atoms with van der Waals surface area (Å²) in [7, 11) is 0. The number of carbonyl (C=O) groups is 3. The number of hydrogen-bond acceptors (Lipinski definition) is 5. The lowest BCUT2D eigenvalue weighted by Gasteiger charge is -2.30. The van der Waals surface area contributed by atoms with Crippen molar-refractivity contribution in [3.05, 3.63) is 58.3 Å². The Morgan fingerprint density at radius 1 is 1.20 bits per heavy atom. The molecule has 1 saturated heterocycles. The predicted octanol–water partition coefficient (Wildman–Crippen LogP) is 2.74. The third-order valence-corrected chi connectivity index (χ3v) is 7.07. The molecule has 1 fully saturated rings. The number of thiophene rings is 1. The van der Waals surface area contributed by atoms with Crippen molar-refractivity contribution < 1.29 is 28.3 Å². The second-order valence-corrected chi connectivity index (χ2v) is 9.93. The van der Waals surface area contributed by atoms with Crippen LogP contribution in [0.5, 0.6) is 0 Å². The van der Waals surface area contributed by atoms with Crippen LogP contribution in [0.1, 0.15) is 37.1 Å². The lowest BCUT2D eigenvalue weighted by molar-refractivity contribution is -0.147. The fourth-order valence-corrected chi connectivity index (χ4v) is 4.59. The Balaban J connectivity index is 1.77. The van der Waals surface area contributed by atoms with Gasteiger partial charge in [-0.15, -0.1) is 11.3 Å². The van der Waals surface area contributed by atoms with Crippen LogP contribution < -0.4 is 10.6 Å². The maximum atomic E-state index is 14.3. The molecule has 3 amide bonds. The van der Waals surface area contributed by atoms with Gasteiger partial charge in [0.15, 0.2) is 6.10 Å². The van der Waals surface area contributed by atoms with Gasteiger partial charge >= 0.3 is 0 Å². The van der Waals surface area contributed by atoms with Crippen LogP contribution in [0.4, 0.5) is 8.78 Å². The van der Waals surface area contributed by atoms with Gasteiger partial charge in [-0.3, -0.25) is 14.4 Å². The minimum atomic E-state index is -3.27. The summed E-state index contributed by atoms with van der Waals surface area (Å²) in [5, 5.41) is 18.1. The number of halogens is 2. The van der Waals surface area contributed by atoms with Crippen LogP contribution >= 0.6 is 11.3 Å². The van der Waals surface area contributed by atoms with E-state index < -0.39 is 48.9 Å². The molecule has 4 atom stereocenters. The van der Waals surface area contributed by atoms with Gasteiger partial charge in [-0.25, -0.2) is 8.78 Å². The Labute approximate surface area is 207 Å². The molecule has 7 nitrogen and oxygen atoms in total. The monoisotopic (exact) mass is 507 g/mol. The molecule has 190 valence electrons. The molecular weight excluding hydrogens is 476 g/mol. The molecular formula is C25H31F2N3O4S. The third-order valence-electron chi connectivity index (χ3n) is 6.19. The molecule has 1 aromatic carbocycles. The number of benzene rings is 1. The first kappa shape index (κ1) is 26.7. The standard InChI is InChI=1S/C25H31F2N3O4S/c1-3-16(2)22(32)29-19(12-17-8-5-4-6-9-17)21(31)24(34)30-15-25(26,27)13-20(30)23(33)28-14-18-10-7-11-35-18/h4-11,16,19-21,31H,3,12-15H2,1-2H3,(H,28,33)(H,29,32). The quantitative estimate of drug-likeness (QED) is 0.461. The molecule has 0 aliphatic carbocycles. The molecule has 0 spiro atoms. The summed E-state index contributed by atoms with van der Waals surface area (Å²) in [5.74, 6) is -5.70. The van der Waals surface area contributed by atoms with Crippen molar-refractivity contribution in [2.45, 2.75) is 63.8 Å². The van der Waals surface area contributed by atoms with Crippen LogP contribution in [-0.4, -0.2) is 58.4 Å². The SMILES string of the molecule is CCC(C)C(=O)NC(Cc1ccccc1)C(O)C(=O)N1CC(F)(F)CC1C(=O)NCc1cccs1. The first-order valence-corrected chi connectivity index (χ1v) is 12.5. The summed E-state index contributed by atoms with van der Waals surface area (Å²) in [4.78, 5) is 40.1. The van der Waals surface area contributed by atoms with Crippen molar-refractivity contribution in [2.24, 2.45) is 5.92 Å². The number of likely N-dealkylation sites (tertiary alicyclic amines) is 1. The molecule has 2 aromatic rings. The van der Waals surface area contributed by atoms with E-state index in [1.54, 1.807) is 37.3 Å². The number of rotatable bonds is 10. The molecule has 10 heteroatoms. The highest BCUT2D eigenvalue weighted by Gasteiger charge is 2.51.